The zero-order valence-electron chi connectivity index (χ0n) is 29.8. The predicted molar refractivity (Wildman–Crippen MR) is 229 cm³/mol. The van der Waals surface area contributed by atoms with Gasteiger partial charge in [-0.05, 0) is 93.2 Å². The summed E-state index contributed by atoms with van der Waals surface area (Å²) in [5.74, 6) is 0. The third-order valence-electron chi connectivity index (χ3n) is 10.9. The number of anilines is 3. The lowest BCUT2D eigenvalue weighted by molar-refractivity contribution is 0.663. The number of rotatable bonds is 6. The fraction of sp³-hybridized carbons (Fsp3) is 0. The Morgan fingerprint density at radius 3 is 1.51 bits per heavy atom. The standard InChI is InChI=1S/C52H33NO2/c1-3-13-34(14-4-1)35-23-27-38(28-24-35)53(45-21-11-9-17-40(45)36-15-5-2-6-16-36)39-29-25-37(26-30-39)44-33-49-50(42-19-8-7-18-41(42)44)52-48(55-49)32-31-47-51(52)43-20-10-12-22-46(43)54-47/h1-33H. The molecule has 258 valence electrons. The van der Waals surface area contributed by atoms with Gasteiger partial charge >= 0.3 is 0 Å². The SMILES string of the molecule is c1ccc(-c2ccc(N(c3ccc(-c4cc5oc6ccc7oc8ccccc8c7c6c5c5ccccc45)cc3)c3ccccc3-c3ccccc3)cc2)cc1. The second-order valence-corrected chi connectivity index (χ2v) is 14.0. The Morgan fingerprint density at radius 2 is 0.782 bits per heavy atom. The smallest absolute Gasteiger partial charge is 0.136 e. The topological polar surface area (TPSA) is 29.5 Å². The first kappa shape index (κ1) is 31.2. The summed E-state index contributed by atoms with van der Waals surface area (Å²) in [7, 11) is 0. The van der Waals surface area contributed by atoms with Gasteiger partial charge in [-0.1, -0.05) is 146 Å². The van der Waals surface area contributed by atoms with Gasteiger partial charge in [-0.25, -0.2) is 0 Å². The van der Waals surface area contributed by atoms with Gasteiger partial charge in [0.2, 0.25) is 0 Å². The first-order chi connectivity index (χ1) is 27.3. The van der Waals surface area contributed by atoms with Gasteiger partial charge in [0.15, 0.2) is 0 Å². The maximum absolute atomic E-state index is 6.67. The minimum Gasteiger partial charge on any atom is -0.456 e. The number of furan rings is 2. The van der Waals surface area contributed by atoms with Gasteiger partial charge in [-0.15, -0.1) is 0 Å². The summed E-state index contributed by atoms with van der Waals surface area (Å²) in [6.07, 6.45) is 0. The molecular formula is C52H33NO2. The Labute approximate surface area is 317 Å². The average Bonchev–Trinajstić information content (AvgIpc) is 3.83. The van der Waals surface area contributed by atoms with E-state index in [-0.39, 0.29) is 0 Å². The molecule has 9 aromatic carbocycles. The van der Waals surface area contributed by atoms with Crippen LogP contribution in [0.15, 0.2) is 209 Å². The molecule has 0 saturated carbocycles. The van der Waals surface area contributed by atoms with Crippen molar-refractivity contribution in [3.8, 4) is 33.4 Å². The Kier molecular flexibility index (Phi) is 7.17. The second kappa shape index (κ2) is 12.6. The van der Waals surface area contributed by atoms with E-state index in [1.165, 1.54) is 27.6 Å². The maximum atomic E-state index is 6.67. The summed E-state index contributed by atoms with van der Waals surface area (Å²) < 4.78 is 13.0. The summed E-state index contributed by atoms with van der Waals surface area (Å²) in [6, 6.07) is 70.9. The lowest BCUT2D eigenvalue weighted by Crippen LogP contribution is -2.11. The van der Waals surface area contributed by atoms with Gasteiger partial charge in [0, 0.05) is 38.5 Å². The zero-order valence-corrected chi connectivity index (χ0v) is 29.8. The van der Waals surface area contributed by atoms with Crippen molar-refractivity contribution in [2.24, 2.45) is 0 Å². The molecule has 55 heavy (non-hydrogen) atoms. The second-order valence-electron chi connectivity index (χ2n) is 14.0. The third-order valence-corrected chi connectivity index (χ3v) is 10.9. The highest BCUT2D eigenvalue weighted by atomic mass is 16.3. The largest absolute Gasteiger partial charge is 0.456 e. The van der Waals surface area contributed by atoms with Crippen LogP contribution in [0.2, 0.25) is 0 Å². The van der Waals surface area contributed by atoms with Crippen molar-refractivity contribution in [1.29, 1.82) is 0 Å². The van der Waals surface area contributed by atoms with Crippen molar-refractivity contribution in [2.45, 2.75) is 0 Å². The van der Waals surface area contributed by atoms with E-state index in [1.807, 2.05) is 24.3 Å². The van der Waals surface area contributed by atoms with Crippen LogP contribution in [0.25, 0.3) is 88.0 Å². The molecule has 11 rings (SSSR count). The molecule has 2 aromatic heterocycles. The molecule has 2 heterocycles. The Hall–Kier alpha value is -7.36. The van der Waals surface area contributed by atoms with E-state index in [1.54, 1.807) is 0 Å². The number of fused-ring (bicyclic) bond motifs is 9. The van der Waals surface area contributed by atoms with E-state index in [9.17, 15) is 0 Å². The van der Waals surface area contributed by atoms with E-state index in [0.717, 1.165) is 77.5 Å². The summed E-state index contributed by atoms with van der Waals surface area (Å²) >= 11 is 0. The van der Waals surface area contributed by atoms with E-state index < -0.39 is 0 Å². The minimum absolute atomic E-state index is 0.859. The fourth-order valence-corrected chi connectivity index (χ4v) is 8.36. The van der Waals surface area contributed by atoms with E-state index in [4.69, 9.17) is 8.83 Å². The van der Waals surface area contributed by atoms with Gasteiger partial charge in [-0.2, -0.15) is 0 Å². The van der Waals surface area contributed by atoms with Crippen LogP contribution in [-0.4, -0.2) is 0 Å². The molecule has 0 fully saturated rings. The van der Waals surface area contributed by atoms with Crippen LogP contribution in [0.5, 0.6) is 0 Å². The number of benzene rings is 9. The lowest BCUT2D eigenvalue weighted by Gasteiger charge is -2.28. The van der Waals surface area contributed by atoms with E-state index in [0.29, 0.717) is 0 Å². The molecular weight excluding hydrogens is 671 g/mol. The number of hydrogen-bond acceptors (Lipinski definition) is 3. The molecule has 0 atom stereocenters. The summed E-state index contributed by atoms with van der Waals surface area (Å²) in [5, 5.41) is 6.75. The molecule has 0 aliphatic heterocycles. The zero-order chi connectivity index (χ0) is 36.3. The summed E-state index contributed by atoms with van der Waals surface area (Å²) in [6.45, 7) is 0. The molecule has 3 heteroatoms. The maximum Gasteiger partial charge on any atom is 0.136 e. The quantitative estimate of drug-likeness (QED) is 0.173. The first-order valence-electron chi connectivity index (χ1n) is 18.7. The molecule has 3 nitrogen and oxygen atoms in total. The number of para-hydroxylation sites is 2. The summed E-state index contributed by atoms with van der Waals surface area (Å²) in [5.41, 5.74) is 13.7. The normalized spacial score (nSPS) is 11.6. The molecule has 0 aliphatic carbocycles. The minimum atomic E-state index is 0.859. The van der Waals surface area contributed by atoms with Crippen molar-refractivity contribution in [2.75, 3.05) is 4.90 Å². The fourth-order valence-electron chi connectivity index (χ4n) is 8.36. The molecule has 0 N–H and O–H groups in total. The van der Waals surface area contributed by atoms with Crippen molar-refractivity contribution < 1.29 is 8.83 Å². The molecule has 0 aliphatic rings. The van der Waals surface area contributed by atoms with Gasteiger partial charge in [0.05, 0.1) is 5.69 Å². The van der Waals surface area contributed by atoms with Gasteiger partial charge in [0.1, 0.15) is 22.3 Å². The average molecular weight is 704 g/mol. The van der Waals surface area contributed by atoms with Crippen LogP contribution < -0.4 is 4.90 Å². The number of nitrogens with zero attached hydrogens (tertiary/aromatic N) is 1. The Bertz CT molecular complexity index is 3180. The highest BCUT2D eigenvalue weighted by Crippen LogP contribution is 2.46. The number of hydrogen-bond donors (Lipinski definition) is 0. The first-order valence-corrected chi connectivity index (χ1v) is 18.7. The van der Waals surface area contributed by atoms with Crippen LogP contribution >= 0.6 is 0 Å². The van der Waals surface area contributed by atoms with Gasteiger partial charge in [-0.3, -0.25) is 0 Å². The summed E-state index contributed by atoms with van der Waals surface area (Å²) in [4.78, 5) is 2.36. The molecule has 0 spiro atoms. The van der Waals surface area contributed by atoms with Crippen LogP contribution in [0.1, 0.15) is 0 Å². The molecule has 0 unspecified atom stereocenters. The predicted octanol–water partition coefficient (Wildman–Crippen LogP) is 15.1. The van der Waals surface area contributed by atoms with Gasteiger partial charge in [0.25, 0.3) is 0 Å². The highest BCUT2D eigenvalue weighted by Gasteiger charge is 2.21. The van der Waals surface area contributed by atoms with Crippen LogP contribution in [-0.2, 0) is 0 Å². The highest BCUT2D eigenvalue weighted by molar-refractivity contribution is 6.31. The molecule has 11 aromatic rings. The molecule has 0 radical (unpaired) electrons. The molecule has 0 amide bonds. The third kappa shape index (κ3) is 5.13. The van der Waals surface area contributed by atoms with Crippen LogP contribution in [0.3, 0.4) is 0 Å². The van der Waals surface area contributed by atoms with Crippen molar-refractivity contribution in [3.63, 3.8) is 0 Å². The van der Waals surface area contributed by atoms with Crippen LogP contribution in [0, 0.1) is 0 Å². The van der Waals surface area contributed by atoms with Gasteiger partial charge < -0.3 is 13.7 Å². The van der Waals surface area contributed by atoms with Crippen molar-refractivity contribution in [3.05, 3.63) is 200 Å². The van der Waals surface area contributed by atoms with Crippen molar-refractivity contribution >= 4 is 71.7 Å². The van der Waals surface area contributed by atoms with E-state index >= 15 is 0 Å². The monoisotopic (exact) mass is 703 g/mol. The Morgan fingerprint density at radius 1 is 0.291 bits per heavy atom. The van der Waals surface area contributed by atoms with Crippen molar-refractivity contribution in [1.82, 2.24) is 0 Å². The van der Waals surface area contributed by atoms with E-state index in [2.05, 4.69) is 181 Å². The molecule has 0 bridgehead atoms. The lowest BCUT2D eigenvalue weighted by atomic mass is 9.94. The Balaban J connectivity index is 1.07. The molecule has 0 saturated heterocycles. The van der Waals surface area contributed by atoms with Crippen LogP contribution in [0.4, 0.5) is 17.1 Å².